The number of methoxy groups -OCH3 is 1. The molecule has 0 aliphatic carbocycles. The Morgan fingerprint density at radius 3 is 1.73 bits per heavy atom. The van der Waals surface area contributed by atoms with Gasteiger partial charge in [-0.1, -0.05) is 12.1 Å². The maximum atomic E-state index is 12.5. The molecule has 3 aromatic carbocycles. The molecule has 128 valence electrons. The second-order valence-electron chi connectivity index (χ2n) is 5.72. The monoisotopic (exact) mass is 456 g/mol. The molecular formula is C21H15INO3+. The number of ether oxygens (including phenoxy) is 1. The number of fused-ring (bicyclic) bond motifs is 1. The van der Waals surface area contributed by atoms with E-state index in [2.05, 4.69) is 12.1 Å². The van der Waals surface area contributed by atoms with Crippen LogP contribution in [-0.2, 0) is 0 Å². The molecule has 0 atom stereocenters. The minimum absolute atomic E-state index is 0.261. The predicted molar refractivity (Wildman–Crippen MR) is 94.4 cm³/mol. The van der Waals surface area contributed by atoms with Crippen LogP contribution >= 0.6 is 0 Å². The van der Waals surface area contributed by atoms with E-state index in [1.807, 2.05) is 36.4 Å². The summed E-state index contributed by atoms with van der Waals surface area (Å²) in [7, 11) is 1.65. The molecule has 0 aromatic heterocycles. The summed E-state index contributed by atoms with van der Waals surface area (Å²) in [5, 5.41) is 0. The number of carbonyl (C=O) groups excluding carboxylic acids is 2. The summed E-state index contributed by atoms with van der Waals surface area (Å²) in [4.78, 5) is 26.3. The van der Waals surface area contributed by atoms with E-state index < -0.39 is 0 Å². The molecular weight excluding hydrogens is 441 g/mol. The van der Waals surface area contributed by atoms with Crippen molar-refractivity contribution in [2.24, 2.45) is 0 Å². The number of nitrogens with zero attached hydrogens (tertiary/aromatic N) is 1. The summed E-state index contributed by atoms with van der Waals surface area (Å²) < 4.78 is 7.67. The fourth-order valence-electron chi connectivity index (χ4n) is 2.84. The molecule has 1 heterocycles. The van der Waals surface area contributed by atoms with Crippen molar-refractivity contribution in [3.8, 4) is 5.75 Å². The van der Waals surface area contributed by atoms with Crippen LogP contribution in [0.4, 0.5) is 5.69 Å². The molecule has 0 saturated heterocycles. The minimum Gasteiger partial charge on any atom is -0.497 e. The van der Waals surface area contributed by atoms with Crippen LogP contribution in [0.2, 0.25) is 0 Å². The lowest BCUT2D eigenvalue weighted by Gasteiger charge is -2.13. The third kappa shape index (κ3) is 2.99. The summed E-state index contributed by atoms with van der Waals surface area (Å²) >= 11 is -0.329. The molecule has 1 aliphatic rings. The molecule has 0 N–H and O–H groups in total. The number of rotatable bonds is 4. The first kappa shape index (κ1) is 16.8. The standard InChI is InChI=1S/C21H15INO3/c1-26-17-12-8-15(9-13-17)22-14-6-10-16(11-7-14)23-20(24)18-4-2-3-5-19(18)21(23)25/h2-13H,1H3/q+1. The minimum atomic E-state index is -0.329. The SMILES string of the molecule is COc1ccc([I+]c2ccc(N3C(=O)c4ccccc4C3=O)cc2)cc1. The lowest BCUT2D eigenvalue weighted by Crippen LogP contribution is -3.61. The van der Waals surface area contributed by atoms with Gasteiger partial charge in [0.25, 0.3) is 11.8 Å². The van der Waals surface area contributed by atoms with E-state index >= 15 is 0 Å². The molecule has 1 aliphatic heterocycles. The second kappa shape index (κ2) is 6.92. The topological polar surface area (TPSA) is 46.6 Å². The Hall–Kier alpha value is -2.67. The van der Waals surface area contributed by atoms with Gasteiger partial charge in [-0.2, -0.15) is 0 Å². The highest BCUT2D eigenvalue weighted by Gasteiger charge is 2.36. The van der Waals surface area contributed by atoms with Crippen LogP contribution < -0.4 is 30.8 Å². The number of amides is 2. The van der Waals surface area contributed by atoms with Crippen LogP contribution in [0.3, 0.4) is 0 Å². The Balaban J connectivity index is 1.55. The molecule has 2 amide bonds. The highest BCUT2D eigenvalue weighted by Crippen LogP contribution is 2.27. The van der Waals surface area contributed by atoms with Gasteiger partial charge >= 0.3 is 21.2 Å². The second-order valence-corrected chi connectivity index (χ2v) is 8.75. The summed E-state index contributed by atoms with van der Waals surface area (Å²) in [6.07, 6.45) is 0. The maximum Gasteiger partial charge on any atom is 0.357 e. The van der Waals surface area contributed by atoms with Crippen molar-refractivity contribution in [2.45, 2.75) is 0 Å². The molecule has 0 fully saturated rings. The van der Waals surface area contributed by atoms with E-state index in [-0.39, 0.29) is 33.0 Å². The molecule has 5 heteroatoms. The Labute approximate surface area is 161 Å². The quantitative estimate of drug-likeness (QED) is 0.428. The zero-order valence-corrected chi connectivity index (χ0v) is 16.1. The lowest BCUT2D eigenvalue weighted by atomic mass is 10.1. The number of anilines is 1. The summed E-state index contributed by atoms with van der Waals surface area (Å²) in [5.74, 6) is 0.324. The third-order valence-corrected chi connectivity index (χ3v) is 6.83. The normalized spacial score (nSPS) is 13.0. The van der Waals surface area contributed by atoms with Crippen LogP contribution in [0.1, 0.15) is 20.7 Å². The maximum absolute atomic E-state index is 12.5. The van der Waals surface area contributed by atoms with Gasteiger partial charge in [0, 0.05) is 0 Å². The summed E-state index contributed by atoms with van der Waals surface area (Å²) in [6.45, 7) is 0. The number of carbonyl (C=O) groups is 2. The molecule has 0 saturated carbocycles. The average Bonchev–Trinajstić information content (AvgIpc) is 2.94. The van der Waals surface area contributed by atoms with Crippen molar-refractivity contribution in [3.63, 3.8) is 0 Å². The highest BCUT2D eigenvalue weighted by molar-refractivity contribution is 6.34. The van der Waals surface area contributed by atoms with Crippen LogP contribution in [0.25, 0.3) is 0 Å². The number of hydrogen-bond donors (Lipinski definition) is 0. The van der Waals surface area contributed by atoms with Crippen LogP contribution in [0, 0.1) is 7.14 Å². The third-order valence-electron chi connectivity index (χ3n) is 4.15. The van der Waals surface area contributed by atoms with Crippen molar-refractivity contribution >= 4 is 17.5 Å². The van der Waals surface area contributed by atoms with Crippen molar-refractivity contribution < 1.29 is 35.5 Å². The van der Waals surface area contributed by atoms with E-state index in [1.54, 1.807) is 31.4 Å². The number of hydrogen-bond acceptors (Lipinski definition) is 3. The largest absolute Gasteiger partial charge is 0.497 e. The van der Waals surface area contributed by atoms with Gasteiger partial charge in [0.2, 0.25) is 0 Å². The Morgan fingerprint density at radius 1 is 0.731 bits per heavy atom. The first-order valence-electron chi connectivity index (χ1n) is 8.04. The fraction of sp³-hybridized carbons (Fsp3) is 0.0476. The first-order valence-corrected chi connectivity index (χ1v) is 10.2. The van der Waals surface area contributed by atoms with E-state index in [4.69, 9.17) is 4.74 Å². The molecule has 4 nitrogen and oxygen atoms in total. The van der Waals surface area contributed by atoms with Crippen LogP contribution in [0.5, 0.6) is 5.75 Å². The molecule has 3 aromatic rings. The number of halogens is 1. The average molecular weight is 456 g/mol. The molecule has 26 heavy (non-hydrogen) atoms. The van der Waals surface area contributed by atoms with Gasteiger partial charge in [0.15, 0.2) is 7.14 Å². The van der Waals surface area contributed by atoms with Crippen LogP contribution in [0.15, 0.2) is 72.8 Å². The lowest BCUT2D eigenvalue weighted by molar-refractivity contribution is -0.597. The van der Waals surface area contributed by atoms with Gasteiger partial charge in [0.05, 0.1) is 23.9 Å². The van der Waals surface area contributed by atoms with Crippen molar-refractivity contribution in [2.75, 3.05) is 12.0 Å². The molecule has 4 rings (SSSR count). The zero-order valence-electron chi connectivity index (χ0n) is 14.0. The van der Waals surface area contributed by atoms with Gasteiger partial charge in [-0.15, -0.1) is 0 Å². The fourth-order valence-corrected chi connectivity index (χ4v) is 4.99. The molecule has 0 spiro atoms. The van der Waals surface area contributed by atoms with Crippen molar-refractivity contribution in [1.29, 1.82) is 0 Å². The first-order chi connectivity index (χ1) is 12.7. The zero-order chi connectivity index (χ0) is 18.1. The van der Waals surface area contributed by atoms with Gasteiger partial charge in [-0.05, 0) is 60.7 Å². The van der Waals surface area contributed by atoms with Crippen molar-refractivity contribution in [1.82, 2.24) is 0 Å². The molecule has 0 unspecified atom stereocenters. The Kier molecular flexibility index (Phi) is 4.46. The smallest absolute Gasteiger partial charge is 0.357 e. The molecule has 0 bridgehead atoms. The summed E-state index contributed by atoms with van der Waals surface area (Å²) in [6, 6.07) is 22.7. The number of benzene rings is 3. The van der Waals surface area contributed by atoms with E-state index in [0.717, 1.165) is 5.75 Å². The van der Waals surface area contributed by atoms with E-state index in [1.165, 1.54) is 12.0 Å². The highest BCUT2D eigenvalue weighted by atomic mass is 127. The number of imide groups is 1. The Morgan fingerprint density at radius 2 is 1.23 bits per heavy atom. The van der Waals surface area contributed by atoms with E-state index in [0.29, 0.717) is 16.8 Å². The van der Waals surface area contributed by atoms with Gasteiger partial charge in [-0.25, -0.2) is 4.90 Å². The van der Waals surface area contributed by atoms with Gasteiger partial charge in [-0.3, -0.25) is 9.59 Å². The van der Waals surface area contributed by atoms with Gasteiger partial charge in [0.1, 0.15) is 5.75 Å². The van der Waals surface area contributed by atoms with Gasteiger partial charge < -0.3 is 4.74 Å². The Bertz CT molecular complexity index is 946. The summed E-state index contributed by atoms with van der Waals surface area (Å²) in [5.41, 5.74) is 1.54. The van der Waals surface area contributed by atoms with E-state index in [9.17, 15) is 9.59 Å². The van der Waals surface area contributed by atoms with Crippen LogP contribution in [-0.4, -0.2) is 18.9 Å². The molecule has 0 radical (unpaired) electrons. The van der Waals surface area contributed by atoms with Crippen molar-refractivity contribution in [3.05, 3.63) is 91.1 Å². The predicted octanol–water partition coefficient (Wildman–Crippen LogP) is 0.624.